The van der Waals surface area contributed by atoms with E-state index in [4.69, 9.17) is 9.47 Å². The summed E-state index contributed by atoms with van der Waals surface area (Å²) >= 11 is 0. The van der Waals surface area contributed by atoms with Crippen molar-refractivity contribution in [3.8, 4) is 11.5 Å². The lowest BCUT2D eigenvalue weighted by Crippen LogP contribution is -2.44. The number of hydrogen-bond acceptors (Lipinski definition) is 4. The Hall–Kier alpha value is -1.75. The fourth-order valence-corrected chi connectivity index (χ4v) is 3.34. The minimum atomic E-state index is 0.0768. The van der Waals surface area contributed by atoms with E-state index in [1.807, 2.05) is 29.2 Å². The first kappa shape index (κ1) is 14.2. The van der Waals surface area contributed by atoms with Crippen molar-refractivity contribution in [3.63, 3.8) is 0 Å². The molecular formula is C16H22N2O3. The summed E-state index contributed by atoms with van der Waals surface area (Å²) in [6, 6.07) is 8.12. The normalized spacial score (nSPS) is 24.5. The molecule has 2 unspecified atom stereocenters. The Morgan fingerprint density at radius 1 is 1.24 bits per heavy atom. The maximum atomic E-state index is 12.5. The van der Waals surface area contributed by atoms with E-state index in [1.54, 1.807) is 7.11 Å². The fraction of sp³-hybridized carbons (Fsp3) is 0.562. The molecule has 0 radical (unpaired) electrons. The zero-order valence-corrected chi connectivity index (χ0v) is 12.4. The van der Waals surface area contributed by atoms with Gasteiger partial charge in [-0.05, 0) is 37.9 Å². The van der Waals surface area contributed by atoms with E-state index in [0.717, 1.165) is 32.4 Å². The number of amides is 1. The lowest BCUT2D eigenvalue weighted by atomic mass is 10.1. The SMILES string of the molecule is COc1ccccc1OCC(=O)N1C2CCNCC1CC2. The molecule has 1 N–H and O–H groups in total. The molecule has 5 heteroatoms. The smallest absolute Gasteiger partial charge is 0.261 e. The average Bonchev–Trinajstić information content (AvgIpc) is 2.78. The maximum Gasteiger partial charge on any atom is 0.261 e. The summed E-state index contributed by atoms with van der Waals surface area (Å²) in [6.07, 6.45) is 3.25. The van der Waals surface area contributed by atoms with Gasteiger partial charge in [0.25, 0.3) is 5.91 Å². The van der Waals surface area contributed by atoms with E-state index < -0.39 is 0 Å². The second-order valence-electron chi connectivity index (χ2n) is 5.62. The zero-order valence-electron chi connectivity index (χ0n) is 12.4. The van der Waals surface area contributed by atoms with Crippen molar-refractivity contribution in [2.24, 2.45) is 0 Å². The van der Waals surface area contributed by atoms with Crippen molar-refractivity contribution < 1.29 is 14.3 Å². The largest absolute Gasteiger partial charge is 0.493 e. The number of carbonyl (C=O) groups excluding carboxylic acids is 1. The lowest BCUT2D eigenvalue weighted by molar-refractivity contribution is -0.136. The Bertz CT molecular complexity index is 492. The molecule has 0 spiro atoms. The van der Waals surface area contributed by atoms with Gasteiger partial charge in [-0.15, -0.1) is 0 Å². The number of hydrogen-bond donors (Lipinski definition) is 1. The number of ether oxygens (including phenoxy) is 2. The van der Waals surface area contributed by atoms with Crippen LogP contribution in [0.1, 0.15) is 19.3 Å². The van der Waals surface area contributed by atoms with Gasteiger partial charge in [-0.2, -0.15) is 0 Å². The second kappa shape index (κ2) is 6.35. The first-order chi connectivity index (χ1) is 10.3. The van der Waals surface area contributed by atoms with Crippen LogP contribution in [-0.2, 0) is 4.79 Å². The van der Waals surface area contributed by atoms with Crippen molar-refractivity contribution in [1.29, 1.82) is 0 Å². The molecule has 1 amide bonds. The van der Waals surface area contributed by atoms with E-state index in [-0.39, 0.29) is 12.5 Å². The van der Waals surface area contributed by atoms with Gasteiger partial charge in [0.2, 0.25) is 0 Å². The van der Waals surface area contributed by atoms with E-state index in [2.05, 4.69) is 5.32 Å². The van der Waals surface area contributed by atoms with Crippen molar-refractivity contribution in [2.45, 2.75) is 31.3 Å². The predicted molar refractivity (Wildman–Crippen MR) is 79.6 cm³/mol. The molecule has 0 aromatic heterocycles. The summed E-state index contributed by atoms with van der Waals surface area (Å²) in [7, 11) is 1.60. The van der Waals surface area contributed by atoms with Crippen LogP contribution in [-0.4, -0.2) is 49.7 Å². The Balaban J connectivity index is 1.64. The number of nitrogens with one attached hydrogen (secondary N) is 1. The van der Waals surface area contributed by atoms with Crippen molar-refractivity contribution >= 4 is 5.91 Å². The molecule has 2 saturated heterocycles. The average molecular weight is 290 g/mol. The molecule has 5 nitrogen and oxygen atoms in total. The zero-order chi connectivity index (χ0) is 14.7. The van der Waals surface area contributed by atoms with E-state index >= 15 is 0 Å². The Morgan fingerprint density at radius 3 is 2.81 bits per heavy atom. The van der Waals surface area contributed by atoms with Gasteiger partial charge >= 0.3 is 0 Å². The predicted octanol–water partition coefficient (Wildman–Crippen LogP) is 1.43. The third-order valence-corrected chi connectivity index (χ3v) is 4.36. The van der Waals surface area contributed by atoms with Crippen LogP contribution in [0.3, 0.4) is 0 Å². The molecule has 114 valence electrons. The number of carbonyl (C=O) groups is 1. The molecule has 2 bridgehead atoms. The molecule has 21 heavy (non-hydrogen) atoms. The van der Waals surface area contributed by atoms with Crippen molar-refractivity contribution in [2.75, 3.05) is 26.8 Å². The molecule has 0 saturated carbocycles. The molecule has 2 fully saturated rings. The van der Waals surface area contributed by atoms with Gasteiger partial charge in [-0.25, -0.2) is 0 Å². The summed E-state index contributed by atoms with van der Waals surface area (Å²) in [4.78, 5) is 14.6. The Labute approximate surface area is 125 Å². The van der Waals surface area contributed by atoms with Crippen LogP contribution in [0.4, 0.5) is 0 Å². The number of nitrogens with zero attached hydrogens (tertiary/aromatic N) is 1. The standard InChI is InChI=1S/C16H22N2O3/c1-20-14-4-2-3-5-15(14)21-11-16(19)18-12-6-7-13(18)10-17-9-8-12/h2-5,12-13,17H,6-11H2,1H3. The van der Waals surface area contributed by atoms with Gasteiger partial charge in [0.05, 0.1) is 7.11 Å². The van der Waals surface area contributed by atoms with Crippen molar-refractivity contribution in [1.82, 2.24) is 10.2 Å². The first-order valence-corrected chi connectivity index (χ1v) is 7.57. The van der Waals surface area contributed by atoms with Crippen LogP contribution in [0.25, 0.3) is 0 Å². The third kappa shape index (κ3) is 2.97. The number of benzene rings is 1. The summed E-state index contributed by atoms with van der Waals surface area (Å²) < 4.78 is 10.9. The highest BCUT2D eigenvalue weighted by Gasteiger charge is 2.37. The van der Waals surface area contributed by atoms with Gasteiger partial charge in [0.15, 0.2) is 18.1 Å². The molecule has 2 atom stereocenters. The summed E-state index contributed by atoms with van der Waals surface area (Å²) in [5.74, 6) is 1.36. The van der Waals surface area contributed by atoms with Crippen LogP contribution in [0.15, 0.2) is 24.3 Å². The number of rotatable bonds is 4. The number of methoxy groups -OCH3 is 1. The molecular weight excluding hydrogens is 268 g/mol. The molecule has 1 aromatic rings. The van der Waals surface area contributed by atoms with Crippen LogP contribution in [0, 0.1) is 0 Å². The van der Waals surface area contributed by atoms with E-state index in [9.17, 15) is 4.79 Å². The first-order valence-electron chi connectivity index (χ1n) is 7.57. The second-order valence-corrected chi connectivity index (χ2v) is 5.62. The quantitative estimate of drug-likeness (QED) is 0.911. The topological polar surface area (TPSA) is 50.8 Å². The van der Waals surface area contributed by atoms with E-state index in [1.165, 1.54) is 0 Å². The third-order valence-electron chi connectivity index (χ3n) is 4.36. The maximum absolute atomic E-state index is 12.5. The molecule has 0 aliphatic carbocycles. The number of para-hydroxylation sites is 2. The van der Waals surface area contributed by atoms with Gasteiger partial charge in [-0.1, -0.05) is 12.1 Å². The fourth-order valence-electron chi connectivity index (χ4n) is 3.34. The summed E-state index contributed by atoms with van der Waals surface area (Å²) in [5.41, 5.74) is 0. The van der Waals surface area contributed by atoms with Gasteiger partial charge in [0.1, 0.15) is 0 Å². The highest BCUT2D eigenvalue weighted by Crippen LogP contribution is 2.29. The van der Waals surface area contributed by atoms with Crippen LogP contribution in [0.2, 0.25) is 0 Å². The number of fused-ring (bicyclic) bond motifs is 2. The minimum Gasteiger partial charge on any atom is -0.493 e. The monoisotopic (exact) mass is 290 g/mol. The van der Waals surface area contributed by atoms with Gasteiger partial charge < -0.3 is 19.7 Å². The summed E-state index contributed by atoms with van der Waals surface area (Å²) in [5, 5.41) is 3.40. The van der Waals surface area contributed by atoms with Crippen molar-refractivity contribution in [3.05, 3.63) is 24.3 Å². The highest BCUT2D eigenvalue weighted by molar-refractivity contribution is 5.79. The molecule has 1 aromatic carbocycles. The lowest BCUT2D eigenvalue weighted by Gasteiger charge is -2.27. The molecule has 2 heterocycles. The molecule has 2 aliphatic heterocycles. The van der Waals surface area contributed by atoms with Crippen LogP contribution < -0.4 is 14.8 Å². The molecule has 2 aliphatic rings. The highest BCUT2D eigenvalue weighted by atomic mass is 16.5. The van der Waals surface area contributed by atoms with Crippen LogP contribution >= 0.6 is 0 Å². The van der Waals surface area contributed by atoms with E-state index in [0.29, 0.717) is 23.6 Å². The van der Waals surface area contributed by atoms with Crippen LogP contribution in [0.5, 0.6) is 11.5 Å². The molecule has 3 rings (SSSR count). The van der Waals surface area contributed by atoms with Gasteiger partial charge in [-0.3, -0.25) is 4.79 Å². The minimum absolute atomic E-state index is 0.0768. The van der Waals surface area contributed by atoms with Gasteiger partial charge in [0, 0.05) is 18.6 Å². The summed E-state index contributed by atoms with van der Waals surface area (Å²) in [6.45, 7) is 1.97. The Morgan fingerprint density at radius 2 is 2.00 bits per heavy atom. The Kier molecular flexibility index (Phi) is 4.29.